The Balaban J connectivity index is 1.41. The summed E-state index contributed by atoms with van der Waals surface area (Å²) in [5, 5.41) is 7.57. The first kappa shape index (κ1) is 23.8. The summed E-state index contributed by atoms with van der Waals surface area (Å²) in [6.45, 7) is 14.0. The van der Waals surface area contributed by atoms with E-state index in [-0.39, 0.29) is 5.41 Å². The van der Waals surface area contributed by atoms with Gasteiger partial charge in [-0.05, 0) is 102 Å². The van der Waals surface area contributed by atoms with Crippen molar-refractivity contribution in [2.75, 3.05) is 5.32 Å². The summed E-state index contributed by atoms with van der Waals surface area (Å²) in [6, 6.07) is 21.0. The lowest BCUT2D eigenvalue weighted by molar-refractivity contribution is 0.383. The number of hydrogen-bond donors (Lipinski definition) is 1. The number of anilines is 2. The van der Waals surface area contributed by atoms with Crippen molar-refractivity contribution in [3.63, 3.8) is 0 Å². The van der Waals surface area contributed by atoms with Gasteiger partial charge in [-0.1, -0.05) is 70.5 Å². The lowest BCUT2D eigenvalue weighted by atomic mass is 9.68. The third kappa shape index (κ3) is 3.98. The monoisotopic (exact) mass is 493 g/mol. The molecule has 4 aromatic rings. The highest BCUT2D eigenvalue weighted by Crippen LogP contribution is 2.54. The van der Waals surface area contributed by atoms with Crippen molar-refractivity contribution in [1.82, 2.24) is 0 Å². The normalized spacial score (nSPS) is 23.5. The Hall–Kier alpha value is -2.58. The van der Waals surface area contributed by atoms with Crippen LogP contribution in [0.3, 0.4) is 0 Å². The molecule has 0 aliphatic heterocycles. The van der Waals surface area contributed by atoms with E-state index < -0.39 is 0 Å². The van der Waals surface area contributed by atoms with E-state index in [9.17, 15) is 0 Å². The van der Waals surface area contributed by atoms with Gasteiger partial charge in [-0.2, -0.15) is 0 Å². The van der Waals surface area contributed by atoms with Crippen LogP contribution in [-0.4, -0.2) is 0 Å². The molecule has 186 valence electrons. The van der Waals surface area contributed by atoms with Crippen LogP contribution >= 0.6 is 11.3 Å². The van der Waals surface area contributed by atoms with Crippen molar-refractivity contribution < 1.29 is 0 Å². The van der Waals surface area contributed by atoms with Gasteiger partial charge in [0, 0.05) is 26.7 Å². The lowest BCUT2D eigenvalue weighted by Crippen LogP contribution is -2.26. The Kier molecular flexibility index (Phi) is 5.61. The van der Waals surface area contributed by atoms with Crippen LogP contribution in [0.5, 0.6) is 0 Å². The molecule has 3 aliphatic carbocycles. The number of hydrogen-bond acceptors (Lipinski definition) is 2. The fraction of sp³-hybridized carbons (Fsp3) is 0.412. The van der Waals surface area contributed by atoms with Crippen LogP contribution in [0.25, 0.3) is 21.2 Å². The van der Waals surface area contributed by atoms with Gasteiger partial charge in [0.05, 0.1) is 5.69 Å². The third-order valence-electron chi connectivity index (χ3n) is 9.15. The predicted octanol–water partition coefficient (Wildman–Crippen LogP) is 10.5. The van der Waals surface area contributed by atoms with Gasteiger partial charge in [-0.3, -0.25) is 0 Å². The van der Waals surface area contributed by atoms with Gasteiger partial charge < -0.3 is 5.32 Å². The quantitative estimate of drug-likeness (QED) is 0.299. The predicted molar refractivity (Wildman–Crippen MR) is 158 cm³/mol. The summed E-state index contributed by atoms with van der Waals surface area (Å²) < 4.78 is 1.42. The topological polar surface area (TPSA) is 12.0 Å². The SMILES string of the molecule is Cc1ccc(Nc2csc3cc4c(cc23)C2CCC4(C)CCC2C)c(-c2ccc(C(C)(C)C)cc2)c1. The molecule has 36 heavy (non-hydrogen) atoms. The Morgan fingerprint density at radius 3 is 2.42 bits per heavy atom. The average Bonchev–Trinajstić information content (AvgIpc) is 3.12. The Labute approximate surface area is 221 Å². The van der Waals surface area contributed by atoms with Crippen molar-refractivity contribution in [1.29, 1.82) is 0 Å². The van der Waals surface area contributed by atoms with Crippen molar-refractivity contribution in [2.45, 2.75) is 84.0 Å². The standard InChI is InChI=1S/C34H39NS/c1-21-7-12-30(26(17-21)23-8-10-24(11-9-23)33(3,4)5)35-31-20-36-32-19-29-27(18-28(31)32)25-14-16-34(29,6)15-13-22(25)2/h7-12,17-20,22,25,35H,13-16H2,1-6H3. The molecule has 3 aromatic carbocycles. The minimum atomic E-state index is 0.161. The number of benzene rings is 3. The molecule has 0 amide bonds. The fourth-order valence-electron chi connectivity index (χ4n) is 6.68. The summed E-state index contributed by atoms with van der Waals surface area (Å²) in [7, 11) is 0. The second-order valence-electron chi connectivity index (χ2n) is 12.8. The third-order valence-corrected chi connectivity index (χ3v) is 10.1. The molecule has 3 aliphatic rings. The van der Waals surface area contributed by atoms with E-state index in [0.717, 1.165) is 5.92 Å². The summed E-state index contributed by atoms with van der Waals surface area (Å²) in [5.41, 5.74) is 11.4. The molecule has 2 heteroatoms. The molecule has 3 unspecified atom stereocenters. The van der Waals surface area contributed by atoms with E-state index in [4.69, 9.17) is 0 Å². The van der Waals surface area contributed by atoms with Crippen LogP contribution in [0, 0.1) is 12.8 Å². The second-order valence-corrected chi connectivity index (χ2v) is 13.7. The van der Waals surface area contributed by atoms with Crippen molar-refractivity contribution in [3.8, 4) is 11.1 Å². The molecule has 1 N–H and O–H groups in total. The Morgan fingerprint density at radius 2 is 1.67 bits per heavy atom. The lowest BCUT2D eigenvalue weighted by Gasteiger charge is -2.37. The molecule has 0 radical (unpaired) electrons. The van der Waals surface area contributed by atoms with Crippen LogP contribution in [0.2, 0.25) is 0 Å². The minimum Gasteiger partial charge on any atom is -0.354 e. The molecule has 1 nitrogen and oxygen atoms in total. The summed E-state index contributed by atoms with van der Waals surface area (Å²) in [4.78, 5) is 0. The van der Waals surface area contributed by atoms with E-state index >= 15 is 0 Å². The van der Waals surface area contributed by atoms with Crippen LogP contribution in [0.1, 0.15) is 88.5 Å². The zero-order valence-electron chi connectivity index (χ0n) is 22.7. The van der Waals surface area contributed by atoms with Gasteiger partial charge in [0.25, 0.3) is 0 Å². The highest BCUT2D eigenvalue weighted by molar-refractivity contribution is 7.17. The molecule has 0 saturated heterocycles. The minimum absolute atomic E-state index is 0.161. The largest absolute Gasteiger partial charge is 0.354 e. The first-order valence-electron chi connectivity index (χ1n) is 13.7. The molecule has 1 heterocycles. The second kappa shape index (κ2) is 8.48. The molecule has 1 saturated carbocycles. The van der Waals surface area contributed by atoms with Crippen LogP contribution in [-0.2, 0) is 10.8 Å². The zero-order valence-corrected chi connectivity index (χ0v) is 23.5. The molecule has 7 rings (SSSR count). The first-order chi connectivity index (χ1) is 17.1. The number of nitrogens with one attached hydrogen (secondary N) is 1. The van der Waals surface area contributed by atoms with Crippen molar-refractivity contribution in [3.05, 3.63) is 82.2 Å². The average molecular weight is 494 g/mol. The smallest absolute Gasteiger partial charge is 0.0573 e. The van der Waals surface area contributed by atoms with Crippen LogP contribution in [0.15, 0.2) is 60.0 Å². The van der Waals surface area contributed by atoms with E-state index in [1.165, 1.54) is 69.4 Å². The number of aryl methyl sites for hydroxylation is 1. The molecule has 2 bridgehead atoms. The van der Waals surface area contributed by atoms with E-state index in [1.807, 2.05) is 11.3 Å². The molecule has 0 spiro atoms. The summed E-state index contributed by atoms with van der Waals surface area (Å²) >= 11 is 1.89. The van der Waals surface area contributed by atoms with Crippen LogP contribution < -0.4 is 5.32 Å². The summed E-state index contributed by atoms with van der Waals surface area (Å²) in [6.07, 6.45) is 5.38. The maximum absolute atomic E-state index is 3.86. The van der Waals surface area contributed by atoms with Gasteiger partial charge in [-0.15, -0.1) is 11.3 Å². The summed E-state index contributed by atoms with van der Waals surface area (Å²) in [5.74, 6) is 1.49. The Morgan fingerprint density at radius 1 is 0.917 bits per heavy atom. The molecule has 1 fully saturated rings. The van der Waals surface area contributed by atoms with Crippen molar-refractivity contribution in [2.24, 2.45) is 5.92 Å². The van der Waals surface area contributed by atoms with Gasteiger partial charge in [0.1, 0.15) is 0 Å². The fourth-order valence-corrected chi connectivity index (χ4v) is 7.59. The zero-order chi connectivity index (χ0) is 25.2. The van der Waals surface area contributed by atoms with E-state index in [2.05, 4.69) is 107 Å². The molecular formula is C34H39NS. The van der Waals surface area contributed by atoms with Gasteiger partial charge in [0.2, 0.25) is 0 Å². The van der Waals surface area contributed by atoms with Crippen molar-refractivity contribution >= 4 is 32.8 Å². The van der Waals surface area contributed by atoms with Crippen LogP contribution in [0.4, 0.5) is 11.4 Å². The Bertz CT molecular complexity index is 1430. The van der Waals surface area contributed by atoms with Gasteiger partial charge >= 0.3 is 0 Å². The highest BCUT2D eigenvalue weighted by atomic mass is 32.1. The first-order valence-corrected chi connectivity index (χ1v) is 14.5. The molecule has 1 aromatic heterocycles. The highest BCUT2D eigenvalue weighted by Gasteiger charge is 2.41. The van der Waals surface area contributed by atoms with E-state index in [1.54, 1.807) is 11.1 Å². The number of thiophene rings is 1. The maximum atomic E-state index is 3.86. The maximum Gasteiger partial charge on any atom is 0.0573 e. The number of fused-ring (bicyclic) bond motifs is 4. The molecular weight excluding hydrogens is 454 g/mol. The van der Waals surface area contributed by atoms with Gasteiger partial charge in [0.15, 0.2) is 0 Å². The van der Waals surface area contributed by atoms with Gasteiger partial charge in [-0.25, -0.2) is 0 Å². The molecule has 3 atom stereocenters. The van der Waals surface area contributed by atoms with E-state index in [0.29, 0.717) is 11.3 Å². The number of rotatable bonds is 3.